The minimum atomic E-state index is -3.60. The second-order valence-corrected chi connectivity index (χ2v) is 9.29. The Morgan fingerprint density at radius 1 is 1.35 bits per heavy atom. The van der Waals surface area contributed by atoms with Gasteiger partial charge in [0, 0.05) is 19.7 Å². The Morgan fingerprint density at radius 3 is 2.43 bits per heavy atom. The lowest BCUT2D eigenvalue weighted by Crippen LogP contribution is -2.46. The molecule has 0 amide bonds. The van der Waals surface area contributed by atoms with E-state index in [-0.39, 0.29) is 6.04 Å². The number of sulfonamides is 1. The first-order chi connectivity index (χ1) is 10.7. The molecule has 1 N–H and O–H groups in total. The van der Waals surface area contributed by atoms with Crippen molar-refractivity contribution in [1.82, 2.24) is 14.5 Å². The highest BCUT2D eigenvalue weighted by Gasteiger charge is 2.35. The molecule has 1 aliphatic heterocycles. The summed E-state index contributed by atoms with van der Waals surface area (Å²) in [4.78, 5) is 0.294. The Kier molecular flexibility index (Phi) is 5.81. The van der Waals surface area contributed by atoms with Crippen LogP contribution >= 0.6 is 11.8 Å². The van der Waals surface area contributed by atoms with Crippen LogP contribution in [-0.2, 0) is 14.8 Å². The van der Waals surface area contributed by atoms with Crippen molar-refractivity contribution in [2.24, 2.45) is 0 Å². The number of hydrogen-bond donors (Lipinski definition) is 1. The zero-order chi connectivity index (χ0) is 17.3. The number of nitrogens with zero attached hydrogens (tertiary/aromatic N) is 2. The van der Waals surface area contributed by atoms with Gasteiger partial charge in [-0.1, -0.05) is 0 Å². The molecule has 1 aliphatic rings. The fourth-order valence-electron chi connectivity index (χ4n) is 3.03. The molecule has 1 saturated heterocycles. The van der Waals surface area contributed by atoms with E-state index in [9.17, 15) is 8.42 Å². The number of rotatable bonds is 6. The maximum absolute atomic E-state index is 12.8. The van der Waals surface area contributed by atoms with Gasteiger partial charge in [-0.15, -0.1) is 0 Å². The smallest absolute Gasteiger partial charge is 0.244 e. The van der Waals surface area contributed by atoms with Crippen LogP contribution in [0.15, 0.2) is 4.90 Å². The molecule has 0 aromatic carbocycles. The van der Waals surface area contributed by atoms with Crippen molar-refractivity contribution in [2.45, 2.75) is 57.1 Å². The first kappa shape index (κ1) is 18.8. The van der Waals surface area contributed by atoms with Crippen LogP contribution in [0.5, 0.6) is 0 Å². The monoisotopic (exact) mass is 361 g/mol. The van der Waals surface area contributed by atoms with Crippen molar-refractivity contribution in [1.29, 1.82) is 0 Å². The normalized spacial score (nSPS) is 18.5. The molecule has 1 aromatic rings. The van der Waals surface area contributed by atoms with Crippen molar-refractivity contribution in [3.8, 4) is 0 Å². The van der Waals surface area contributed by atoms with Crippen molar-refractivity contribution < 1.29 is 13.2 Å². The predicted molar refractivity (Wildman–Crippen MR) is 93.6 cm³/mol. The summed E-state index contributed by atoms with van der Waals surface area (Å²) in [6, 6.07) is 0.123. The molecule has 132 valence electrons. The summed E-state index contributed by atoms with van der Waals surface area (Å²) < 4.78 is 35.7. The third kappa shape index (κ3) is 3.92. The van der Waals surface area contributed by atoms with Gasteiger partial charge in [0.25, 0.3) is 0 Å². The standard InChI is InChI=1S/C15H27N3O3S2/c1-11(2)18-13(4)14(12(3)17-18)23(19,20)16-10-15(21-5)6-8-22-9-7-15/h11,16H,6-10H2,1-5H3. The molecule has 1 aromatic heterocycles. The zero-order valence-corrected chi connectivity index (χ0v) is 16.2. The molecule has 2 heterocycles. The Balaban J connectivity index is 2.22. The largest absolute Gasteiger partial charge is 0.377 e. The lowest BCUT2D eigenvalue weighted by atomic mass is 9.97. The van der Waals surface area contributed by atoms with Gasteiger partial charge in [0.15, 0.2) is 0 Å². The highest BCUT2D eigenvalue weighted by molar-refractivity contribution is 7.99. The van der Waals surface area contributed by atoms with E-state index >= 15 is 0 Å². The Bertz CT molecular complexity index is 647. The van der Waals surface area contributed by atoms with Crippen LogP contribution in [-0.4, -0.2) is 49.0 Å². The Hall–Kier alpha value is -0.570. The van der Waals surface area contributed by atoms with E-state index in [0.717, 1.165) is 24.3 Å². The molecule has 2 rings (SSSR count). The fraction of sp³-hybridized carbons (Fsp3) is 0.800. The van der Waals surface area contributed by atoms with Crippen LogP contribution in [0.2, 0.25) is 0 Å². The summed E-state index contributed by atoms with van der Waals surface area (Å²) in [7, 11) is -1.94. The van der Waals surface area contributed by atoms with Gasteiger partial charge in [-0.25, -0.2) is 13.1 Å². The quantitative estimate of drug-likeness (QED) is 0.841. The van der Waals surface area contributed by atoms with Gasteiger partial charge >= 0.3 is 0 Å². The maximum Gasteiger partial charge on any atom is 0.244 e. The molecule has 0 atom stereocenters. The van der Waals surface area contributed by atoms with E-state index < -0.39 is 15.6 Å². The molecule has 1 fully saturated rings. The molecular weight excluding hydrogens is 334 g/mol. The van der Waals surface area contributed by atoms with Crippen molar-refractivity contribution >= 4 is 21.8 Å². The van der Waals surface area contributed by atoms with E-state index in [0.29, 0.717) is 22.8 Å². The van der Waals surface area contributed by atoms with Crippen LogP contribution in [0.1, 0.15) is 44.1 Å². The SMILES string of the molecule is COC1(CNS(=O)(=O)c2c(C)nn(C(C)C)c2C)CCSCC1. The number of aryl methyl sites for hydroxylation is 1. The summed E-state index contributed by atoms with van der Waals surface area (Å²) in [5.41, 5.74) is 0.818. The highest BCUT2D eigenvalue weighted by atomic mass is 32.2. The third-order valence-corrected chi connectivity index (χ3v) is 7.08. The molecule has 6 nitrogen and oxygen atoms in total. The molecule has 8 heteroatoms. The summed E-state index contributed by atoms with van der Waals surface area (Å²) >= 11 is 1.88. The summed E-state index contributed by atoms with van der Waals surface area (Å²) in [6.45, 7) is 7.82. The third-order valence-electron chi connectivity index (χ3n) is 4.44. The van der Waals surface area contributed by atoms with Crippen LogP contribution < -0.4 is 4.72 Å². The van der Waals surface area contributed by atoms with Gasteiger partial charge in [-0.3, -0.25) is 4.68 Å². The highest BCUT2D eigenvalue weighted by Crippen LogP contribution is 2.30. The minimum absolute atomic E-state index is 0.123. The van der Waals surface area contributed by atoms with E-state index in [1.165, 1.54) is 0 Å². The van der Waals surface area contributed by atoms with E-state index in [1.807, 2.05) is 25.6 Å². The summed E-state index contributed by atoms with van der Waals surface area (Å²) in [5, 5.41) is 4.37. The van der Waals surface area contributed by atoms with Gasteiger partial charge in [0.1, 0.15) is 4.90 Å². The lowest BCUT2D eigenvalue weighted by molar-refractivity contribution is -0.0119. The van der Waals surface area contributed by atoms with Crippen molar-refractivity contribution in [3.63, 3.8) is 0 Å². The van der Waals surface area contributed by atoms with Crippen LogP contribution in [0.4, 0.5) is 0 Å². The molecule has 0 radical (unpaired) electrons. The molecule has 0 aliphatic carbocycles. The summed E-state index contributed by atoms with van der Waals surface area (Å²) in [5.74, 6) is 2.00. The number of thioether (sulfide) groups is 1. The van der Waals surface area contributed by atoms with Crippen molar-refractivity contribution in [2.75, 3.05) is 25.2 Å². The molecule has 23 heavy (non-hydrogen) atoms. The Labute approximate surface area is 143 Å². The fourth-order valence-corrected chi connectivity index (χ4v) is 5.78. The first-order valence-corrected chi connectivity index (χ1v) is 10.5. The molecule has 0 unspecified atom stereocenters. The van der Waals surface area contributed by atoms with Crippen LogP contribution in [0.25, 0.3) is 0 Å². The second-order valence-electron chi connectivity index (χ2n) is 6.36. The number of ether oxygens (including phenoxy) is 1. The molecule has 0 saturated carbocycles. The molecule has 0 bridgehead atoms. The number of hydrogen-bond acceptors (Lipinski definition) is 5. The lowest BCUT2D eigenvalue weighted by Gasteiger charge is -2.35. The molecular formula is C15H27N3O3S2. The van der Waals surface area contributed by atoms with E-state index in [4.69, 9.17) is 4.74 Å². The average molecular weight is 362 g/mol. The zero-order valence-electron chi connectivity index (χ0n) is 14.5. The predicted octanol–water partition coefficient (Wildman–Crippen LogP) is 2.27. The van der Waals surface area contributed by atoms with Crippen LogP contribution in [0.3, 0.4) is 0 Å². The van der Waals surface area contributed by atoms with E-state index in [2.05, 4.69) is 9.82 Å². The number of aromatic nitrogens is 2. The first-order valence-electron chi connectivity index (χ1n) is 7.91. The van der Waals surface area contributed by atoms with E-state index in [1.54, 1.807) is 25.6 Å². The summed E-state index contributed by atoms with van der Waals surface area (Å²) in [6.07, 6.45) is 1.72. The molecule has 0 spiro atoms. The maximum atomic E-state index is 12.8. The van der Waals surface area contributed by atoms with Gasteiger partial charge in [-0.2, -0.15) is 16.9 Å². The van der Waals surface area contributed by atoms with Gasteiger partial charge in [0.2, 0.25) is 10.0 Å². The second kappa shape index (κ2) is 7.13. The van der Waals surface area contributed by atoms with Gasteiger partial charge < -0.3 is 4.74 Å². The van der Waals surface area contributed by atoms with Crippen molar-refractivity contribution in [3.05, 3.63) is 11.4 Å². The average Bonchev–Trinajstić information content (AvgIpc) is 2.82. The topological polar surface area (TPSA) is 73.2 Å². The van der Waals surface area contributed by atoms with Crippen LogP contribution in [0, 0.1) is 13.8 Å². The number of methoxy groups -OCH3 is 1. The van der Waals surface area contributed by atoms with Gasteiger partial charge in [-0.05, 0) is 52.0 Å². The van der Waals surface area contributed by atoms with Gasteiger partial charge in [0.05, 0.1) is 17.0 Å². The Morgan fingerprint density at radius 2 is 1.96 bits per heavy atom. The number of nitrogens with one attached hydrogen (secondary N) is 1. The minimum Gasteiger partial charge on any atom is -0.377 e.